The molecule has 1 aromatic rings. The SMILES string of the molecule is O=C(O)C1NCCc2c(OC(F)F)cccc21. The van der Waals surface area contributed by atoms with E-state index in [1.807, 2.05) is 0 Å². The molecule has 0 saturated carbocycles. The zero-order chi connectivity index (χ0) is 12.4. The van der Waals surface area contributed by atoms with Gasteiger partial charge >= 0.3 is 12.6 Å². The second-order valence-corrected chi connectivity index (χ2v) is 3.68. The number of nitrogens with one attached hydrogen (secondary N) is 1. The van der Waals surface area contributed by atoms with Crippen molar-refractivity contribution in [2.75, 3.05) is 6.54 Å². The van der Waals surface area contributed by atoms with Crippen molar-refractivity contribution < 1.29 is 23.4 Å². The van der Waals surface area contributed by atoms with Gasteiger partial charge in [0.25, 0.3) is 0 Å². The Morgan fingerprint density at radius 3 is 2.94 bits per heavy atom. The third-order valence-corrected chi connectivity index (χ3v) is 2.67. The lowest BCUT2D eigenvalue weighted by molar-refractivity contribution is -0.139. The van der Waals surface area contributed by atoms with Gasteiger partial charge < -0.3 is 15.2 Å². The van der Waals surface area contributed by atoms with Gasteiger partial charge in [0.15, 0.2) is 0 Å². The number of carboxylic acid groups (broad SMARTS) is 1. The number of rotatable bonds is 3. The minimum absolute atomic E-state index is 0.0604. The second-order valence-electron chi connectivity index (χ2n) is 3.68. The van der Waals surface area contributed by atoms with Gasteiger partial charge in [-0.15, -0.1) is 0 Å². The van der Waals surface area contributed by atoms with Crippen LogP contribution in [0, 0.1) is 0 Å². The average Bonchev–Trinajstić information content (AvgIpc) is 2.28. The minimum Gasteiger partial charge on any atom is -0.480 e. The van der Waals surface area contributed by atoms with E-state index in [1.54, 1.807) is 6.07 Å². The molecule has 0 spiro atoms. The van der Waals surface area contributed by atoms with E-state index in [9.17, 15) is 13.6 Å². The van der Waals surface area contributed by atoms with E-state index in [0.717, 1.165) is 0 Å². The molecule has 0 radical (unpaired) electrons. The first kappa shape index (κ1) is 11.8. The van der Waals surface area contributed by atoms with Crippen LogP contribution in [0.2, 0.25) is 0 Å². The van der Waals surface area contributed by atoms with Gasteiger partial charge in [0.2, 0.25) is 0 Å². The van der Waals surface area contributed by atoms with Gasteiger partial charge in [-0.25, -0.2) is 0 Å². The Morgan fingerprint density at radius 1 is 1.53 bits per heavy atom. The second kappa shape index (κ2) is 4.67. The fraction of sp³-hybridized carbons (Fsp3) is 0.364. The maximum absolute atomic E-state index is 12.2. The van der Waals surface area contributed by atoms with Crippen molar-refractivity contribution >= 4 is 5.97 Å². The van der Waals surface area contributed by atoms with Gasteiger partial charge in [0.1, 0.15) is 11.8 Å². The van der Waals surface area contributed by atoms with Crippen LogP contribution in [0.15, 0.2) is 18.2 Å². The molecule has 0 saturated heterocycles. The van der Waals surface area contributed by atoms with Gasteiger partial charge in [0.05, 0.1) is 0 Å². The number of hydrogen-bond donors (Lipinski definition) is 2. The Labute approximate surface area is 96.2 Å². The van der Waals surface area contributed by atoms with E-state index in [2.05, 4.69) is 10.1 Å². The van der Waals surface area contributed by atoms with Gasteiger partial charge in [-0.3, -0.25) is 4.79 Å². The van der Waals surface area contributed by atoms with Crippen LogP contribution in [0.1, 0.15) is 17.2 Å². The molecule has 0 amide bonds. The molecule has 0 aromatic heterocycles. The number of halogens is 2. The summed E-state index contributed by atoms with van der Waals surface area (Å²) < 4.78 is 28.8. The molecular formula is C11H11F2NO3. The van der Waals surface area contributed by atoms with Crippen LogP contribution in [0.3, 0.4) is 0 Å². The van der Waals surface area contributed by atoms with Crippen LogP contribution in [0.5, 0.6) is 5.75 Å². The van der Waals surface area contributed by atoms with Crippen molar-refractivity contribution in [3.63, 3.8) is 0 Å². The molecule has 1 heterocycles. The van der Waals surface area contributed by atoms with Crippen molar-refractivity contribution in [2.24, 2.45) is 0 Å². The molecule has 0 fully saturated rings. The fourth-order valence-electron chi connectivity index (χ4n) is 2.00. The first-order chi connectivity index (χ1) is 8.09. The monoisotopic (exact) mass is 243 g/mol. The molecule has 1 aliphatic rings. The summed E-state index contributed by atoms with van der Waals surface area (Å²) in [6.45, 7) is -2.48. The number of carbonyl (C=O) groups is 1. The Hall–Kier alpha value is -1.69. The molecule has 0 bridgehead atoms. The molecule has 1 unspecified atom stereocenters. The van der Waals surface area contributed by atoms with Crippen molar-refractivity contribution in [1.82, 2.24) is 5.32 Å². The summed E-state index contributed by atoms with van der Waals surface area (Å²) in [7, 11) is 0. The molecule has 1 aliphatic heterocycles. The molecule has 1 aromatic carbocycles. The van der Waals surface area contributed by atoms with Crippen molar-refractivity contribution in [2.45, 2.75) is 19.1 Å². The highest BCUT2D eigenvalue weighted by Gasteiger charge is 2.28. The Balaban J connectivity index is 2.40. The van der Waals surface area contributed by atoms with Crippen molar-refractivity contribution in [1.29, 1.82) is 0 Å². The Bertz CT molecular complexity index is 437. The van der Waals surface area contributed by atoms with Crippen LogP contribution >= 0.6 is 0 Å². The number of ether oxygens (including phenoxy) is 1. The Kier molecular flexibility index (Phi) is 3.23. The summed E-state index contributed by atoms with van der Waals surface area (Å²) in [4.78, 5) is 11.0. The quantitative estimate of drug-likeness (QED) is 0.845. The lowest BCUT2D eigenvalue weighted by Gasteiger charge is -2.25. The predicted molar refractivity (Wildman–Crippen MR) is 55.2 cm³/mol. The van der Waals surface area contributed by atoms with Gasteiger partial charge in [-0.1, -0.05) is 12.1 Å². The summed E-state index contributed by atoms with van der Waals surface area (Å²) in [5.41, 5.74) is 1.03. The van der Waals surface area contributed by atoms with E-state index in [4.69, 9.17) is 5.11 Å². The van der Waals surface area contributed by atoms with Crippen LogP contribution < -0.4 is 10.1 Å². The predicted octanol–water partition coefficient (Wildman–Crippen LogP) is 1.56. The molecular weight excluding hydrogens is 232 g/mol. The molecule has 17 heavy (non-hydrogen) atoms. The molecule has 0 aliphatic carbocycles. The number of carboxylic acids is 1. The zero-order valence-corrected chi connectivity index (χ0v) is 8.82. The summed E-state index contributed by atoms with van der Waals surface area (Å²) in [6.07, 6.45) is 0.474. The van der Waals surface area contributed by atoms with Crippen LogP contribution in [0.4, 0.5) is 8.78 Å². The topological polar surface area (TPSA) is 58.6 Å². The standard InChI is InChI=1S/C11H11F2NO3/c12-11(13)17-8-3-1-2-7-6(8)4-5-14-9(7)10(15)16/h1-3,9,11,14H,4-5H2,(H,15,16). The van der Waals surface area contributed by atoms with Crippen molar-refractivity contribution in [3.05, 3.63) is 29.3 Å². The Morgan fingerprint density at radius 2 is 2.29 bits per heavy atom. The summed E-state index contributed by atoms with van der Waals surface area (Å²) >= 11 is 0. The fourth-order valence-corrected chi connectivity index (χ4v) is 2.00. The van der Waals surface area contributed by atoms with Crippen LogP contribution in [0.25, 0.3) is 0 Å². The van der Waals surface area contributed by atoms with E-state index in [0.29, 0.717) is 24.1 Å². The maximum atomic E-state index is 12.2. The molecule has 2 N–H and O–H groups in total. The molecule has 92 valence electrons. The number of alkyl halides is 2. The maximum Gasteiger partial charge on any atom is 0.387 e. The lowest BCUT2D eigenvalue weighted by Crippen LogP contribution is -2.35. The smallest absolute Gasteiger partial charge is 0.387 e. The molecule has 6 heteroatoms. The zero-order valence-electron chi connectivity index (χ0n) is 8.82. The summed E-state index contributed by atoms with van der Waals surface area (Å²) in [5.74, 6) is -0.967. The van der Waals surface area contributed by atoms with Gasteiger partial charge in [-0.2, -0.15) is 8.78 Å². The summed E-state index contributed by atoms with van der Waals surface area (Å²) in [5, 5.41) is 11.8. The van der Waals surface area contributed by atoms with E-state index >= 15 is 0 Å². The highest BCUT2D eigenvalue weighted by Crippen LogP contribution is 2.31. The largest absolute Gasteiger partial charge is 0.480 e. The molecule has 4 nitrogen and oxygen atoms in total. The lowest BCUT2D eigenvalue weighted by atomic mass is 9.93. The van der Waals surface area contributed by atoms with Crippen LogP contribution in [-0.4, -0.2) is 24.2 Å². The van der Waals surface area contributed by atoms with Crippen molar-refractivity contribution in [3.8, 4) is 5.75 Å². The molecule has 2 rings (SSSR count). The number of fused-ring (bicyclic) bond motifs is 1. The minimum atomic E-state index is -2.90. The van der Waals surface area contributed by atoms with E-state index in [-0.39, 0.29) is 5.75 Å². The number of hydrogen-bond acceptors (Lipinski definition) is 3. The third-order valence-electron chi connectivity index (χ3n) is 2.67. The highest BCUT2D eigenvalue weighted by atomic mass is 19.3. The normalized spacial score (nSPS) is 18.9. The van der Waals surface area contributed by atoms with Gasteiger partial charge in [-0.05, 0) is 18.1 Å². The number of benzene rings is 1. The molecule has 1 atom stereocenters. The average molecular weight is 243 g/mol. The van der Waals surface area contributed by atoms with Gasteiger partial charge in [0, 0.05) is 12.1 Å². The van der Waals surface area contributed by atoms with Crippen LogP contribution in [-0.2, 0) is 11.2 Å². The third kappa shape index (κ3) is 2.36. The first-order valence-electron chi connectivity index (χ1n) is 5.12. The number of aliphatic carboxylic acids is 1. The first-order valence-corrected chi connectivity index (χ1v) is 5.12. The van der Waals surface area contributed by atoms with E-state index in [1.165, 1.54) is 12.1 Å². The summed E-state index contributed by atoms with van der Waals surface area (Å²) in [6, 6.07) is 3.69. The van der Waals surface area contributed by atoms with E-state index < -0.39 is 18.6 Å². The highest BCUT2D eigenvalue weighted by molar-refractivity contribution is 5.77.